The van der Waals surface area contributed by atoms with Gasteiger partial charge in [-0.05, 0) is 37.2 Å². The number of methoxy groups -OCH3 is 1. The minimum atomic E-state index is 0.669. The van der Waals surface area contributed by atoms with Crippen molar-refractivity contribution in [3.63, 3.8) is 0 Å². The maximum atomic E-state index is 5.43. The molecule has 3 N–H and O–H groups in total. The number of hydrogen-bond acceptors (Lipinski definition) is 5. The van der Waals surface area contributed by atoms with Crippen molar-refractivity contribution in [2.45, 2.75) is 6.42 Å². The molecule has 0 spiro atoms. The summed E-state index contributed by atoms with van der Waals surface area (Å²) in [4.78, 5) is 0. The van der Waals surface area contributed by atoms with Gasteiger partial charge in [-0.2, -0.15) is 0 Å². The highest BCUT2D eigenvalue weighted by atomic mass is 16.5. The lowest BCUT2D eigenvalue weighted by Gasteiger charge is -2.06. The van der Waals surface area contributed by atoms with E-state index in [1.165, 1.54) is 0 Å². The van der Waals surface area contributed by atoms with Crippen LogP contribution in [0.2, 0.25) is 0 Å². The van der Waals surface area contributed by atoms with Gasteiger partial charge in [0.2, 0.25) is 0 Å². The summed E-state index contributed by atoms with van der Waals surface area (Å²) in [5.74, 6) is 1.57. The second-order valence-corrected chi connectivity index (χ2v) is 4.10. The van der Waals surface area contributed by atoms with Gasteiger partial charge < -0.3 is 15.8 Å². The minimum Gasteiger partial charge on any atom is -0.497 e. The van der Waals surface area contributed by atoms with Crippen LogP contribution in [0, 0.1) is 0 Å². The molecule has 0 saturated carbocycles. The van der Waals surface area contributed by atoms with E-state index in [4.69, 9.17) is 10.5 Å². The van der Waals surface area contributed by atoms with Crippen molar-refractivity contribution >= 4 is 5.82 Å². The van der Waals surface area contributed by atoms with Gasteiger partial charge >= 0.3 is 0 Å². The van der Waals surface area contributed by atoms with E-state index in [9.17, 15) is 0 Å². The molecule has 19 heavy (non-hydrogen) atoms. The van der Waals surface area contributed by atoms with Crippen molar-refractivity contribution in [1.29, 1.82) is 0 Å². The molecule has 100 valence electrons. The van der Waals surface area contributed by atoms with Crippen molar-refractivity contribution in [3.8, 4) is 17.0 Å². The zero-order valence-corrected chi connectivity index (χ0v) is 11.0. The standard InChI is InChI=1S/C14H18N4O/c1-19-12-5-2-4-11(10-12)13-6-7-14(18-17-13)16-9-3-8-15/h2,4-7,10H,3,8-9,15H2,1H3,(H,16,18). The first-order valence-electron chi connectivity index (χ1n) is 6.25. The van der Waals surface area contributed by atoms with Crippen molar-refractivity contribution in [2.24, 2.45) is 5.73 Å². The van der Waals surface area contributed by atoms with E-state index < -0.39 is 0 Å². The van der Waals surface area contributed by atoms with Crippen molar-refractivity contribution < 1.29 is 4.74 Å². The molecule has 5 heteroatoms. The number of anilines is 1. The summed E-state index contributed by atoms with van der Waals surface area (Å²) >= 11 is 0. The summed E-state index contributed by atoms with van der Waals surface area (Å²) < 4.78 is 5.19. The van der Waals surface area contributed by atoms with Crippen LogP contribution in [0.4, 0.5) is 5.82 Å². The molecule has 2 rings (SSSR count). The Morgan fingerprint density at radius 1 is 1.21 bits per heavy atom. The van der Waals surface area contributed by atoms with Crippen LogP contribution in [0.25, 0.3) is 11.3 Å². The van der Waals surface area contributed by atoms with Gasteiger partial charge in [0.15, 0.2) is 0 Å². The molecular formula is C14H18N4O. The second-order valence-electron chi connectivity index (χ2n) is 4.10. The minimum absolute atomic E-state index is 0.669. The number of benzene rings is 1. The third-order valence-electron chi connectivity index (χ3n) is 2.72. The van der Waals surface area contributed by atoms with Crippen LogP contribution in [0.1, 0.15) is 6.42 Å². The number of nitrogens with one attached hydrogen (secondary N) is 1. The third-order valence-corrected chi connectivity index (χ3v) is 2.72. The summed E-state index contributed by atoms with van der Waals surface area (Å²) in [7, 11) is 1.65. The second kappa shape index (κ2) is 6.70. The number of nitrogens with zero attached hydrogens (tertiary/aromatic N) is 2. The SMILES string of the molecule is COc1cccc(-c2ccc(NCCCN)nn2)c1. The summed E-state index contributed by atoms with van der Waals surface area (Å²) in [6.07, 6.45) is 0.916. The molecule has 0 amide bonds. The molecule has 2 aromatic rings. The Kier molecular flexibility index (Phi) is 4.69. The van der Waals surface area contributed by atoms with E-state index in [0.717, 1.165) is 35.8 Å². The Balaban J connectivity index is 2.08. The monoisotopic (exact) mass is 258 g/mol. The Bertz CT molecular complexity index is 513. The van der Waals surface area contributed by atoms with E-state index in [0.29, 0.717) is 6.54 Å². The molecular weight excluding hydrogens is 240 g/mol. The van der Waals surface area contributed by atoms with Crippen LogP contribution in [-0.2, 0) is 0 Å². The maximum absolute atomic E-state index is 5.43. The van der Waals surface area contributed by atoms with Gasteiger partial charge in [-0.3, -0.25) is 0 Å². The van der Waals surface area contributed by atoms with Crippen LogP contribution in [0.3, 0.4) is 0 Å². The first-order valence-corrected chi connectivity index (χ1v) is 6.25. The lowest BCUT2D eigenvalue weighted by Crippen LogP contribution is -2.09. The van der Waals surface area contributed by atoms with Crippen LogP contribution >= 0.6 is 0 Å². The van der Waals surface area contributed by atoms with Gasteiger partial charge in [0, 0.05) is 12.1 Å². The van der Waals surface area contributed by atoms with E-state index in [1.54, 1.807) is 7.11 Å². The molecule has 0 aliphatic rings. The smallest absolute Gasteiger partial charge is 0.148 e. The number of ether oxygens (including phenoxy) is 1. The number of aromatic nitrogens is 2. The van der Waals surface area contributed by atoms with Gasteiger partial charge in [-0.1, -0.05) is 12.1 Å². The highest BCUT2D eigenvalue weighted by Crippen LogP contribution is 2.21. The predicted octanol–water partition coefficient (Wildman–Crippen LogP) is 1.91. The summed E-state index contributed by atoms with van der Waals surface area (Å²) in [5.41, 5.74) is 7.24. The van der Waals surface area contributed by atoms with Crippen LogP contribution in [-0.4, -0.2) is 30.4 Å². The van der Waals surface area contributed by atoms with Crippen LogP contribution in [0.5, 0.6) is 5.75 Å². The number of rotatable bonds is 6. The van der Waals surface area contributed by atoms with Crippen molar-refractivity contribution in [3.05, 3.63) is 36.4 Å². The van der Waals surface area contributed by atoms with Gasteiger partial charge in [-0.25, -0.2) is 0 Å². The van der Waals surface area contributed by atoms with Crippen molar-refractivity contribution in [2.75, 3.05) is 25.5 Å². The molecule has 0 radical (unpaired) electrons. The van der Waals surface area contributed by atoms with Gasteiger partial charge in [0.25, 0.3) is 0 Å². The fourth-order valence-corrected chi connectivity index (χ4v) is 1.68. The number of hydrogen-bond donors (Lipinski definition) is 2. The fourth-order valence-electron chi connectivity index (χ4n) is 1.68. The van der Waals surface area contributed by atoms with Gasteiger partial charge in [0.1, 0.15) is 11.6 Å². The zero-order valence-electron chi connectivity index (χ0n) is 11.0. The molecule has 0 fully saturated rings. The first-order chi connectivity index (χ1) is 9.33. The summed E-state index contributed by atoms with van der Waals surface area (Å²) in [5, 5.41) is 11.5. The first kappa shape index (κ1) is 13.3. The Morgan fingerprint density at radius 2 is 2.11 bits per heavy atom. The van der Waals surface area contributed by atoms with E-state index in [1.807, 2.05) is 36.4 Å². The largest absolute Gasteiger partial charge is 0.497 e. The van der Waals surface area contributed by atoms with Crippen LogP contribution in [0.15, 0.2) is 36.4 Å². The predicted molar refractivity (Wildman–Crippen MR) is 76.2 cm³/mol. The quantitative estimate of drug-likeness (QED) is 0.774. The molecule has 0 aliphatic carbocycles. The fraction of sp³-hybridized carbons (Fsp3) is 0.286. The van der Waals surface area contributed by atoms with E-state index >= 15 is 0 Å². The normalized spacial score (nSPS) is 10.2. The Labute approximate surface area is 112 Å². The molecule has 1 aromatic heterocycles. The van der Waals surface area contributed by atoms with E-state index in [2.05, 4.69) is 15.5 Å². The molecule has 0 bridgehead atoms. The van der Waals surface area contributed by atoms with Gasteiger partial charge in [0.05, 0.1) is 12.8 Å². The molecule has 1 heterocycles. The van der Waals surface area contributed by atoms with Crippen molar-refractivity contribution in [1.82, 2.24) is 10.2 Å². The average Bonchev–Trinajstić information content (AvgIpc) is 2.48. The summed E-state index contributed by atoms with van der Waals surface area (Å²) in [6, 6.07) is 11.6. The van der Waals surface area contributed by atoms with E-state index in [-0.39, 0.29) is 0 Å². The lowest BCUT2D eigenvalue weighted by atomic mass is 10.1. The Morgan fingerprint density at radius 3 is 2.79 bits per heavy atom. The number of nitrogens with two attached hydrogens (primary N) is 1. The lowest BCUT2D eigenvalue weighted by molar-refractivity contribution is 0.415. The Hall–Kier alpha value is -2.14. The van der Waals surface area contributed by atoms with Gasteiger partial charge in [-0.15, -0.1) is 10.2 Å². The molecule has 0 aliphatic heterocycles. The highest BCUT2D eigenvalue weighted by molar-refractivity contribution is 5.61. The highest BCUT2D eigenvalue weighted by Gasteiger charge is 2.02. The molecule has 0 unspecified atom stereocenters. The topological polar surface area (TPSA) is 73.1 Å². The third kappa shape index (κ3) is 3.66. The zero-order chi connectivity index (χ0) is 13.5. The average molecular weight is 258 g/mol. The molecule has 5 nitrogen and oxygen atoms in total. The molecule has 1 aromatic carbocycles. The maximum Gasteiger partial charge on any atom is 0.148 e. The summed E-state index contributed by atoms with van der Waals surface area (Å²) in [6.45, 7) is 1.48. The van der Waals surface area contributed by atoms with Crippen LogP contribution < -0.4 is 15.8 Å². The molecule has 0 atom stereocenters. The molecule has 0 saturated heterocycles.